The summed E-state index contributed by atoms with van der Waals surface area (Å²) in [5.74, 6) is -1.17. The summed E-state index contributed by atoms with van der Waals surface area (Å²) >= 11 is 6.47. The molecule has 3 nitrogen and oxygen atoms in total. The maximum atomic E-state index is 13.0. The van der Waals surface area contributed by atoms with Crippen LogP contribution >= 0.6 is 31.9 Å². The van der Waals surface area contributed by atoms with Gasteiger partial charge in [0.15, 0.2) is 0 Å². The first-order valence-electron chi connectivity index (χ1n) is 5.55. The van der Waals surface area contributed by atoms with E-state index in [4.69, 9.17) is 4.74 Å². The van der Waals surface area contributed by atoms with Gasteiger partial charge in [-0.3, -0.25) is 0 Å². The average molecular weight is 403 g/mol. The van der Waals surface area contributed by atoms with Gasteiger partial charge in [-0.05, 0) is 67.3 Å². The molecular formula is C14H8Br2FO3-. The van der Waals surface area contributed by atoms with Crippen molar-refractivity contribution in [2.24, 2.45) is 0 Å². The topological polar surface area (TPSA) is 49.4 Å². The number of halogens is 3. The van der Waals surface area contributed by atoms with Crippen molar-refractivity contribution < 1.29 is 19.0 Å². The van der Waals surface area contributed by atoms with Crippen LogP contribution in [0.25, 0.3) is 0 Å². The van der Waals surface area contributed by atoms with Crippen LogP contribution in [-0.4, -0.2) is 5.97 Å². The highest BCUT2D eigenvalue weighted by atomic mass is 79.9. The molecule has 0 aliphatic rings. The first-order chi connectivity index (χ1) is 9.47. The monoisotopic (exact) mass is 401 g/mol. The van der Waals surface area contributed by atoms with E-state index in [1.165, 1.54) is 24.3 Å². The van der Waals surface area contributed by atoms with Crippen LogP contribution in [0.3, 0.4) is 0 Å². The average Bonchev–Trinajstić information content (AvgIpc) is 2.37. The molecule has 0 aliphatic carbocycles. The highest BCUT2D eigenvalue weighted by Crippen LogP contribution is 2.35. The van der Waals surface area contributed by atoms with E-state index in [1.54, 1.807) is 12.1 Å². The van der Waals surface area contributed by atoms with Gasteiger partial charge in [0.05, 0.1) is 14.9 Å². The first kappa shape index (κ1) is 15.0. The van der Waals surface area contributed by atoms with E-state index in [1.807, 2.05) is 0 Å². The van der Waals surface area contributed by atoms with Crippen LogP contribution < -0.4 is 9.84 Å². The van der Waals surface area contributed by atoms with Crippen LogP contribution in [0.15, 0.2) is 45.3 Å². The molecule has 0 radical (unpaired) electrons. The number of carboxylic acid groups (broad SMARTS) is 1. The molecule has 0 saturated carbocycles. The van der Waals surface area contributed by atoms with Crippen LogP contribution in [0.1, 0.15) is 15.9 Å². The van der Waals surface area contributed by atoms with Crippen molar-refractivity contribution in [1.82, 2.24) is 0 Å². The fourth-order valence-corrected chi connectivity index (χ4v) is 3.01. The molecule has 0 heterocycles. The molecule has 0 aromatic heterocycles. The van der Waals surface area contributed by atoms with Crippen molar-refractivity contribution in [3.8, 4) is 5.75 Å². The summed E-state index contributed by atoms with van der Waals surface area (Å²) in [4.78, 5) is 10.8. The Balaban J connectivity index is 2.20. The second-order valence-corrected chi connectivity index (χ2v) is 5.68. The van der Waals surface area contributed by atoms with Crippen molar-refractivity contribution >= 4 is 37.8 Å². The Morgan fingerprint density at radius 2 is 1.85 bits per heavy atom. The molecule has 6 heteroatoms. The standard InChI is InChI=1S/C14H9Br2FO3/c15-11-5-9(14(18)19)6-12(16)13(11)20-7-8-2-1-3-10(17)4-8/h1-6H,7H2,(H,18,19)/p-1. The Morgan fingerprint density at radius 3 is 2.40 bits per heavy atom. The van der Waals surface area contributed by atoms with Crippen molar-refractivity contribution in [3.63, 3.8) is 0 Å². The SMILES string of the molecule is O=C([O-])c1cc(Br)c(OCc2cccc(F)c2)c(Br)c1. The molecule has 2 aromatic carbocycles. The van der Waals surface area contributed by atoms with Crippen LogP contribution in [0.5, 0.6) is 5.75 Å². The van der Waals surface area contributed by atoms with E-state index < -0.39 is 5.97 Å². The Morgan fingerprint density at radius 1 is 1.20 bits per heavy atom. The van der Waals surface area contributed by atoms with Gasteiger partial charge in [0.25, 0.3) is 0 Å². The summed E-state index contributed by atoms with van der Waals surface area (Å²) in [6.07, 6.45) is 0. The smallest absolute Gasteiger partial charge is 0.148 e. The van der Waals surface area contributed by atoms with E-state index in [0.29, 0.717) is 20.3 Å². The lowest BCUT2D eigenvalue weighted by atomic mass is 10.2. The van der Waals surface area contributed by atoms with Gasteiger partial charge >= 0.3 is 0 Å². The minimum atomic E-state index is -1.27. The van der Waals surface area contributed by atoms with Crippen LogP contribution in [0.2, 0.25) is 0 Å². The van der Waals surface area contributed by atoms with Gasteiger partial charge in [-0.2, -0.15) is 0 Å². The molecule has 0 saturated heterocycles. The van der Waals surface area contributed by atoms with Crippen LogP contribution in [0, 0.1) is 5.82 Å². The van der Waals surface area contributed by atoms with E-state index >= 15 is 0 Å². The number of carboxylic acids is 1. The molecule has 0 bridgehead atoms. The molecule has 0 unspecified atom stereocenters. The predicted molar refractivity (Wildman–Crippen MR) is 76.9 cm³/mol. The molecule has 0 spiro atoms. The van der Waals surface area contributed by atoms with Crippen LogP contribution in [-0.2, 0) is 6.61 Å². The quantitative estimate of drug-likeness (QED) is 0.788. The number of carbonyl (C=O) groups excluding carboxylic acids is 1. The third-order valence-corrected chi connectivity index (χ3v) is 3.68. The minimum Gasteiger partial charge on any atom is -0.545 e. The molecule has 20 heavy (non-hydrogen) atoms. The number of rotatable bonds is 4. The maximum absolute atomic E-state index is 13.0. The van der Waals surface area contributed by atoms with E-state index in [-0.39, 0.29) is 18.0 Å². The Labute approximate surface area is 131 Å². The molecule has 0 aliphatic heterocycles. The molecule has 0 amide bonds. The number of hydrogen-bond acceptors (Lipinski definition) is 3. The highest BCUT2D eigenvalue weighted by Gasteiger charge is 2.10. The largest absolute Gasteiger partial charge is 0.545 e. The highest BCUT2D eigenvalue weighted by molar-refractivity contribution is 9.11. The number of hydrogen-bond donors (Lipinski definition) is 0. The predicted octanol–water partition coefficient (Wildman–Crippen LogP) is 3.29. The number of ether oxygens (including phenoxy) is 1. The molecule has 2 aromatic rings. The summed E-state index contributed by atoms with van der Waals surface area (Å²) in [6, 6.07) is 8.83. The second kappa shape index (κ2) is 6.37. The molecular weight excluding hydrogens is 395 g/mol. The van der Waals surface area contributed by atoms with Gasteiger partial charge in [0, 0.05) is 0 Å². The third kappa shape index (κ3) is 3.58. The summed E-state index contributed by atoms with van der Waals surface area (Å²) in [5.41, 5.74) is 0.703. The third-order valence-electron chi connectivity index (χ3n) is 2.51. The first-order valence-corrected chi connectivity index (χ1v) is 7.13. The fourth-order valence-electron chi connectivity index (χ4n) is 1.60. The maximum Gasteiger partial charge on any atom is 0.148 e. The number of carbonyl (C=O) groups is 1. The fraction of sp³-hybridized carbons (Fsp3) is 0.0714. The Kier molecular flexibility index (Phi) is 4.77. The molecule has 0 N–H and O–H groups in total. The summed E-state index contributed by atoms with van der Waals surface area (Å²) in [5, 5.41) is 10.8. The van der Waals surface area contributed by atoms with Gasteiger partial charge < -0.3 is 14.6 Å². The number of benzene rings is 2. The van der Waals surface area contributed by atoms with Gasteiger partial charge in [0.2, 0.25) is 0 Å². The second-order valence-electron chi connectivity index (χ2n) is 3.98. The molecule has 0 atom stereocenters. The normalized spacial score (nSPS) is 10.3. The lowest BCUT2D eigenvalue weighted by Crippen LogP contribution is -2.22. The summed E-state index contributed by atoms with van der Waals surface area (Å²) in [6.45, 7) is 0.166. The van der Waals surface area contributed by atoms with E-state index in [0.717, 1.165) is 0 Å². The Hall–Kier alpha value is -1.40. The van der Waals surface area contributed by atoms with Crippen molar-refractivity contribution in [2.45, 2.75) is 6.61 Å². The van der Waals surface area contributed by atoms with Crippen molar-refractivity contribution in [3.05, 3.63) is 62.3 Å². The molecule has 104 valence electrons. The zero-order chi connectivity index (χ0) is 14.7. The zero-order valence-electron chi connectivity index (χ0n) is 10.0. The Bertz CT molecular complexity index is 636. The van der Waals surface area contributed by atoms with Gasteiger partial charge in [0.1, 0.15) is 18.2 Å². The summed E-state index contributed by atoms with van der Waals surface area (Å²) in [7, 11) is 0. The molecule has 0 fully saturated rings. The molecule has 2 rings (SSSR count). The van der Waals surface area contributed by atoms with Crippen molar-refractivity contribution in [1.29, 1.82) is 0 Å². The van der Waals surface area contributed by atoms with Crippen LogP contribution in [0.4, 0.5) is 4.39 Å². The lowest BCUT2D eigenvalue weighted by molar-refractivity contribution is -0.255. The number of aromatic carboxylic acids is 1. The van der Waals surface area contributed by atoms with E-state index in [9.17, 15) is 14.3 Å². The minimum absolute atomic E-state index is 0.0295. The van der Waals surface area contributed by atoms with Gasteiger partial charge in [-0.15, -0.1) is 0 Å². The zero-order valence-corrected chi connectivity index (χ0v) is 13.2. The lowest BCUT2D eigenvalue weighted by Gasteiger charge is -2.13. The van der Waals surface area contributed by atoms with E-state index in [2.05, 4.69) is 31.9 Å². The van der Waals surface area contributed by atoms with Gasteiger partial charge in [-0.25, -0.2) is 4.39 Å². The summed E-state index contributed by atoms with van der Waals surface area (Å²) < 4.78 is 19.6. The van der Waals surface area contributed by atoms with Gasteiger partial charge in [-0.1, -0.05) is 12.1 Å². The van der Waals surface area contributed by atoms with Crippen molar-refractivity contribution in [2.75, 3.05) is 0 Å².